The van der Waals surface area contributed by atoms with E-state index in [1.54, 1.807) is 13.8 Å². The molecule has 3 aromatic rings. The molecule has 1 amide bonds. The van der Waals surface area contributed by atoms with Crippen molar-refractivity contribution in [2.24, 2.45) is 5.41 Å². The molecule has 0 radical (unpaired) electrons. The molecule has 0 unspecified atom stereocenters. The lowest BCUT2D eigenvalue weighted by Gasteiger charge is -2.45. The van der Waals surface area contributed by atoms with E-state index in [1.165, 1.54) is 28.7 Å². The molecule has 2 saturated heterocycles. The first kappa shape index (κ1) is 24.4. The van der Waals surface area contributed by atoms with E-state index in [0.29, 0.717) is 23.3 Å². The fourth-order valence-corrected chi connectivity index (χ4v) is 6.32. The van der Waals surface area contributed by atoms with Crippen molar-refractivity contribution in [2.75, 3.05) is 25.0 Å². The third kappa shape index (κ3) is 4.15. The monoisotopic (exact) mass is 520 g/mol. The number of anilines is 1. The minimum absolute atomic E-state index is 0.0183. The van der Waals surface area contributed by atoms with Crippen molar-refractivity contribution >= 4 is 32.7 Å². The summed E-state index contributed by atoms with van der Waals surface area (Å²) in [5.41, 5.74) is -0.706. The summed E-state index contributed by atoms with van der Waals surface area (Å²) in [5, 5.41) is 5.87. The van der Waals surface area contributed by atoms with Crippen LogP contribution in [0.4, 0.5) is 19.0 Å². The van der Waals surface area contributed by atoms with Gasteiger partial charge in [0.15, 0.2) is 5.03 Å². The van der Waals surface area contributed by atoms with Crippen LogP contribution in [0.2, 0.25) is 0 Å². The Hall–Kier alpha value is -3.32. The second kappa shape index (κ2) is 8.66. The first-order valence-electron chi connectivity index (χ1n) is 11.2. The summed E-state index contributed by atoms with van der Waals surface area (Å²) in [6, 6.07) is 4.35. The van der Waals surface area contributed by atoms with Crippen molar-refractivity contribution in [3.8, 4) is 0 Å². The zero-order valence-electron chi connectivity index (χ0n) is 19.4. The summed E-state index contributed by atoms with van der Waals surface area (Å²) in [7, 11) is -3.95. The number of nitrogens with zero attached hydrogens (tertiary/aromatic N) is 4. The van der Waals surface area contributed by atoms with Gasteiger partial charge in [-0.1, -0.05) is 18.2 Å². The van der Waals surface area contributed by atoms with Gasteiger partial charge < -0.3 is 10.6 Å². The molecular formula is C23H23F3N6O3S. The number of fused-ring (bicyclic) bond motifs is 1. The Labute approximate surface area is 205 Å². The van der Waals surface area contributed by atoms with Crippen LogP contribution in [0.25, 0.3) is 10.9 Å². The van der Waals surface area contributed by atoms with E-state index in [2.05, 4.69) is 25.6 Å². The lowest BCUT2D eigenvalue weighted by Crippen LogP contribution is -2.59. The van der Waals surface area contributed by atoms with Gasteiger partial charge in [0, 0.05) is 42.4 Å². The summed E-state index contributed by atoms with van der Waals surface area (Å²) >= 11 is 0. The highest BCUT2D eigenvalue weighted by molar-refractivity contribution is 7.89. The molecule has 5 rings (SSSR count). The molecule has 2 fully saturated rings. The summed E-state index contributed by atoms with van der Waals surface area (Å²) in [4.78, 5) is 24.3. The van der Waals surface area contributed by atoms with E-state index in [9.17, 15) is 26.4 Å². The Morgan fingerprint density at radius 1 is 1.19 bits per heavy atom. The summed E-state index contributed by atoms with van der Waals surface area (Å²) in [5.74, 6) is -0.529. The molecule has 2 aliphatic rings. The number of carbonyl (C=O) groups is 1. The number of pyridine rings is 1. The van der Waals surface area contributed by atoms with E-state index >= 15 is 0 Å². The molecule has 4 heterocycles. The quantitative estimate of drug-likeness (QED) is 0.513. The highest BCUT2D eigenvalue weighted by Gasteiger charge is 2.52. The van der Waals surface area contributed by atoms with Gasteiger partial charge in [-0.2, -0.15) is 4.31 Å². The molecule has 0 saturated carbocycles. The van der Waals surface area contributed by atoms with Crippen LogP contribution in [0.15, 0.2) is 35.5 Å². The van der Waals surface area contributed by atoms with Crippen LogP contribution >= 0.6 is 0 Å². The maximum Gasteiger partial charge on any atom is 0.266 e. The standard InChI is InChI=1S/C23H23F3N6O3S/c1-12(14-4-3-5-15(20(14)24)21(25)26)29-22-16-6-19(27-8-17(16)30-13(2)31-22)36(34,35)32-10-23(11-32)7-18(33)28-9-23/h3-6,8,12,21H,7,9-11H2,1-2H3,(H,28,33)(H,29,30,31)/t12-/m1/s1. The van der Waals surface area contributed by atoms with E-state index in [4.69, 9.17) is 0 Å². The van der Waals surface area contributed by atoms with Gasteiger partial charge in [0.2, 0.25) is 5.91 Å². The average Bonchev–Trinajstić information content (AvgIpc) is 3.20. The maximum atomic E-state index is 14.7. The Balaban J connectivity index is 1.46. The lowest BCUT2D eigenvalue weighted by molar-refractivity contribution is -0.120. The highest BCUT2D eigenvalue weighted by atomic mass is 32.2. The van der Waals surface area contributed by atoms with Crippen LogP contribution in [-0.2, 0) is 14.8 Å². The number of alkyl halides is 2. The molecular weight excluding hydrogens is 497 g/mol. The van der Waals surface area contributed by atoms with Gasteiger partial charge in [-0.05, 0) is 19.9 Å². The maximum absolute atomic E-state index is 14.7. The van der Waals surface area contributed by atoms with Crippen LogP contribution in [-0.4, -0.2) is 53.2 Å². The van der Waals surface area contributed by atoms with Crippen molar-refractivity contribution in [1.82, 2.24) is 24.6 Å². The van der Waals surface area contributed by atoms with Crippen LogP contribution in [0.3, 0.4) is 0 Å². The summed E-state index contributed by atoms with van der Waals surface area (Å²) in [6.07, 6.45) is -1.36. The van der Waals surface area contributed by atoms with Crippen molar-refractivity contribution in [2.45, 2.75) is 37.8 Å². The van der Waals surface area contributed by atoms with Crippen molar-refractivity contribution in [1.29, 1.82) is 0 Å². The number of nitrogens with one attached hydrogen (secondary N) is 2. The van der Waals surface area contributed by atoms with E-state index in [-0.39, 0.29) is 47.2 Å². The molecule has 36 heavy (non-hydrogen) atoms. The number of hydrogen-bond acceptors (Lipinski definition) is 7. The number of aromatic nitrogens is 3. The van der Waals surface area contributed by atoms with Gasteiger partial charge in [-0.3, -0.25) is 4.79 Å². The molecule has 9 nitrogen and oxygen atoms in total. The molecule has 190 valence electrons. The smallest absolute Gasteiger partial charge is 0.266 e. The third-order valence-electron chi connectivity index (χ3n) is 6.61. The van der Waals surface area contributed by atoms with Gasteiger partial charge in [-0.25, -0.2) is 36.5 Å². The normalized spacial score (nSPS) is 18.4. The number of sulfonamides is 1. The number of hydrogen-bond donors (Lipinski definition) is 2. The van der Waals surface area contributed by atoms with Crippen LogP contribution in [0.1, 0.15) is 42.8 Å². The predicted octanol–water partition coefficient (Wildman–Crippen LogP) is 3.09. The van der Waals surface area contributed by atoms with Gasteiger partial charge in [0.25, 0.3) is 16.4 Å². The molecule has 2 aliphatic heterocycles. The molecule has 0 aliphatic carbocycles. The number of aryl methyl sites for hydroxylation is 1. The highest BCUT2D eigenvalue weighted by Crippen LogP contribution is 2.40. The number of rotatable bonds is 6. The zero-order valence-corrected chi connectivity index (χ0v) is 20.2. The molecule has 2 aromatic heterocycles. The predicted molar refractivity (Wildman–Crippen MR) is 124 cm³/mol. The minimum atomic E-state index is -3.95. The first-order chi connectivity index (χ1) is 17.0. The molecule has 1 spiro atoms. The van der Waals surface area contributed by atoms with Crippen LogP contribution in [0, 0.1) is 18.2 Å². The Kier molecular flexibility index (Phi) is 5.86. The number of benzene rings is 1. The molecule has 13 heteroatoms. The van der Waals surface area contributed by atoms with Crippen LogP contribution < -0.4 is 10.6 Å². The Morgan fingerprint density at radius 2 is 1.92 bits per heavy atom. The van der Waals surface area contributed by atoms with Gasteiger partial charge in [0.1, 0.15) is 17.5 Å². The first-order valence-corrected chi connectivity index (χ1v) is 12.7. The topological polar surface area (TPSA) is 117 Å². The average molecular weight is 521 g/mol. The summed E-state index contributed by atoms with van der Waals surface area (Å²) < 4.78 is 68.7. The van der Waals surface area contributed by atoms with E-state index in [0.717, 1.165) is 6.07 Å². The zero-order chi connectivity index (χ0) is 25.8. The fourth-order valence-electron chi connectivity index (χ4n) is 4.71. The fraction of sp³-hybridized carbons (Fsp3) is 0.391. The van der Waals surface area contributed by atoms with Gasteiger partial charge >= 0.3 is 0 Å². The molecule has 1 aromatic carbocycles. The van der Waals surface area contributed by atoms with E-state index < -0.39 is 33.9 Å². The van der Waals surface area contributed by atoms with Crippen molar-refractivity contribution in [3.63, 3.8) is 0 Å². The van der Waals surface area contributed by atoms with Gasteiger partial charge in [-0.15, -0.1) is 0 Å². The number of carbonyl (C=O) groups excluding carboxylic acids is 1. The summed E-state index contributed by atoms with van der Waals surface area (Å²) in [6.45, 7) is 4.08. The number of halogens is 3. The van der Waals surface area contributed by atoms with Crippen molar-refractivity contribution in [3.05, 3.63) is 53.2 Å². The Bertz CT molecular complexity index is 1480. The lowest BCUT2D eigenvalue weighted by atomic mass is 9.81. The molecule has 1 atom stereocenters. The SMILES string of the molecule is Cc1nc(N[C@H](C)c2cccc(C(F)F)c2F)c2cc(S(=O)(=O)N3CC4(CNC(=O)C4)C3)ncc2n1. The largest absolute Gasteiger partial charge is 0.363 e. The van der Waals surface area contributed by atoms with Crippen LogP contribution in [0.5, 0.6) is 0 Å². The minimum Gasteiger partial charge on any atom is -0.363 e. The number of amides is 1. The van der Waals surface area contributed by atoms with Gasteiger partial charge in [0.05, 0.1) is 23.3 Å². The third-order valence-corrected chi connectivity index (χ3v) is 8.30. The second-order valence-corrected chi connectivity index (χ2v) is 11.2. The van der Waals surface area contributed by atoms with Crippen molar-refractivity contribution < 1.29 is 26.4 Å². The second-order valence-electron chi connectivity index (χ2n) is 9.30. The van der Waals surface area contributed by atoms with E-state index in [1.807, 2.05) is 0 Å². The Morgan fingerprint density at radius 3 is 2.58 bits per heavy atom. The molecule has 0 bridgehead atoms. The molecule has 2 N–H and O–H groups in total.